The fraction of sp³-hybridized carbons (Fsp3) is 0.483. The number of nitrogens with zero attached hydrogens (tertiary/aromatic N) is 3. The molecule has 3 heterocycles. The molecule has 0 atom stereocenters. The fourth-order valence-corrected chi connectivity index (χ4v) is 7.72. The van der Waals surface area contributed by atoms with Crippen molar-refractivity contribution in [2.45, 2.75) is 30.8 Å². The number of benzene rings is 2. The third-order valence-electron chi connectivity index (χ3n) is 7.57. The highest BCUT2D eigenvalue weighted by molar-refractivity contribution is 7.99. The molecule has 0 aliphatic carbocycles. The van der Waals surface area contributed by atoms with Gasteiger partial charge in [0.05, 0.1) is 31.8 Å². The Morgan fingerprint density at radius 2 is 1.82 bits per heavy atom. The molecule has 1 N–H and O–H groups in total. The lowest BCUT2D eigenvalue weighted by atomic mass is 10.0. The maximum atomic E-state index is 13.5. The Morgan fingerprint density at radius 3 is 2.60 bits per heavy atom. The number of amides is 1. The minimum absolute atomic E-state index is 0.0583. The largest absolute Gasteiger partial charge is 0.497 e. The van der Waals surface area contributed by atoms with E-state index >= 15 is 0 Å². The molecule has 0 bridgehead atoms. The van der Waals surface area contributed by atoms with E-state index in [0.29, 0.717) is 25.3 Å². The van der Waals surface area contributed by atoms with Crippen LogP contribution in [0.15, 0.2) is 53.4 Å². The van der Waals surface area contributed by atoms with Gasteiger partial charge in [-0.3, -0.25) is 9.69 Å². The molecule has 1 amide bonds. The highest BCUT2D eigenvalue weighted by Crippen LogP contribution is 2.33. The molecule has 9 nitrogen and oxygen atoms in total. The first-order valence-electron chi connectivity index (χ1n) is 13.8. The lowest BCUT2D eigenvalue weighted by Gasteiger charge is -2.28. The van der Waals surface area contributed by atoms with Gasteiger partial charge >= 0.3 is 0 Å². The van der Waals surface area contributed by atoms with E-state index in [1.165, 1.54) is 4.31 Å². The van der Waals surface area contributed by atoms with E-state index in [0.717, 1.165) is 72.9 Å². The number of hydrogen-bond donors (Lipinski definition) is 1. The summed E-state index contributed by atoms with van der Waals surface area (Å²) in [5, 5.41) is 4.15. The van der Waals surface area contributed by atoms with Crippen LogP contribution in [0.4, 0.5) is 0 Å². The summed E-state index contributed by atoms with van der Waals surface area (Å²) >= 11 is 1.92. The topological polar surface area (TPSA) is 93.1 Å². The molecule has 2 aromatic carbocycles. The summed E-state index contributed by atoms with van der Waals surface area (Å²) in [5.41, 5.74) is 2.98. The van der Waals surface area contributed by atoms with E-state index in [1.54, 1.807) is 31.4 Å². The number of ether oxygens (including phenoxy) is 2. The van der Waals surface area contributed by atoms with Crippen molar-refractivity contribution >= 4 is 38.6 Å². The molecule has 3 aromatic rings. The van der Waals surface area contributed by atoms with Crippen LogP contribution >= 0.6 is 11.8 Å². The number of thioether (sulfide) groups is 1. The molecule has 1 fully saturated rings. The van der Waals surface area contributed by atoms with Crippen molar-refractivity contribution < 1.29 is 22.7 Å². The number of morpholine rings is 1. The standard InChI is InChI=1S/C29H38N4O5S2/c1-37-23-7-9-24(10-8-23)40(35,36)32-13-11-26-25-5-2-3-6-27(25)33(28(26)21-32)22-29(34)30-12-4-19-39-20-16-31-14-17-38-18-15-31/h2-3,5-10H,4,11-22H2,1H3,(H,30,34). The van der Waals surface area contributed by atoms with Crippen molar-refractivity contribution in [3.63, 3.8) is 0 Å². The first-order valence-corrected chi connectivity index (χ1v) is 16.4. The van der Waals surface area contributed by atoms with Crippen molar-refractivity contribution in [1.29, 1.82) is 0 Å². The van der Waals surface area contributed by atoms with Gasteiger partial charge in [0.25, 0.3) is 0 Å². The average molecular weight is 587 g/mol. The lowest BCUT2D eigenvalue weighted by molar-refractivity contribution is -0.121. The van der Waals surface area contributed by atoms with Crippen LogP contribution in [0.3, 0.4) is 0 Å². The Kier molecular flexibility index (Phi) is 9.69. The van der Waals surface area contributed by atoms with Gasteiger partial charge in [0.2, 0.25) is 15.9 Å². The number of nitrogens with one attached hydrogen (secondary N) is 1. The van der Waals surface area contributed by atoms with Gasteiger partial charge in [-0.1, -0.05) is 18.2 Å². The molecule has 216 valence electrons. The van der Waals surface area contributed by atoms with Crippen molar-refractivity contribution in [3.8, 4) is 5.75 Å². The van der Waals surface area contributed by atoms with E-state index in [4.69, 9.17) is 9.47 Å². The van der Waals surface area contributed by atoms with Crippen molar-refractivity contribution in [2.75, 3.05) is 64.6 Å². The molecule has 11 heteroatoms. The van der Waals surface area contributed by atoms with E-state index in [9.17, 15) is 13.2 Å². The first kappa shape index (κ1) is 28.9. The maximum Gasteiger partial charge on any atom is 0.243 e. The predicted octanol–water partition coefficient (Wildman–Crippen LogP) is 2.97. The number of carbonyl (C=O) groups is 1. The van der Waals surface area contributed by atoms with Gasteiger partial charge in [0.15, 0.2) is 0 Å². The van der Waals surface area contributed by atoms with Crippen LogP contribution in [0.25, 0.3) is 10.9 Å². The summed E-state index contributed by atoms with van der Waals surface area (Å²) in [7, 11) is -2.14. The van der Waals surface area contributed by atoms with Gasteiger partial charge in [-0.05, 0) is 54.5 Å². The summed E-state index contributed by atoms with van der Waals surface area (Å²) in [6.07, 6.45) is 1.51. The van der Waals surface area contributed by atoms with Crippen molar-refractivity contribution in [2.24, 2.45) is 0 Å². The van der Waals surface area contributed by atoms with Crippen LogP contribution in [0.5, 0.6) is 5.75 Å². The number of sulfonamides is 1. The Bertz CT molecular complexity index is 1400. The van der Waals surface area contributed by atoms with Crippen LogP contribution in [-0.4, -0.2) is 92.7 Å². The number of hydrogen-bond acceptors (Lipinski definition) is 7. The Labute approximate surface area is 240 Å². The second-order valence-electron chi connectivity index (χ2n) is 10.1. The highest BCUT2D eigenvalue weighted by atomic mass is 32.2. The molecule has 2 aliphatic rings. The Morgan fingerprint density at radius 1 is 1.05 bits per heavy atom. The molecule has 0 spiro atoms. The number of carbonyl (C=O) groups excluding carboxylic acids is 1. The smallest absolute Gasteiger partial charge is 0.243 e. The zero-order valence-electron chi connectivity index (χ0n) is 23.0. The number of methoxy groups -OCH3 is 1. The predicted molar refractivity (Wildman–Crippen MR) is 158 cm³/mol. The van der Waals surface area contributed by atoms with Gasteiger partial charge in [-0.2, -0.15) is 16.1 Å². The van der Waals surface area contributed by atoms with Gasteiger partial charge < -0.3 is 19.4 Å². The number of fused-ring (bicyclic) bond motifs is 3. The SMILES string of the molecule is COc1ccc(S(=O)(=O)N2CCc3c(n(CC(=O)NCCCSCCN4CCOCC4)c4ccccc34)C2)cc1. The van der Waals surface area contributed by atoms with Gasteiger partial charge in [-0.15, -0.1) is 0 Å². The average Bonchev–Trinajstić information content (AvgIpc) is 3.30. The quantitative estimate of drug-likeness (QED) is 0.326. The molecular weight excluding hydrogens is 548 g/mol. The minimum atomic E-state index is -3.69. The molecule has 0 saturated carbocycles. The monoisotopic (exact) mass is 586 g/mol. The lowest BCUT2D eigenvalue weighted by Crippen LogP contribution is -2.37. The van der Waals surface area contributed by atoms with Crippen LogP contribution in [0, 0.1) is 0 Å². The Hall–Kier alpha value is -2.57. The minimum Gasteiger partial charge on any atom is -0.497 e. The second-order valence-corrected chi connectivity index (χ2v) is 13.2. The number of para-hydroxylation sites is 1. The van der Waals surface area contributed by atoms with Gasteiger partial charge in [-0.25, -0.2) is 8.42 Å². The molecule has 1 saturated heterocycles. The second kappa shape index (κ2) is 13.4. The first-order chi connectivity index (χ1) is 19.5. The molecule has 40 heavy (non-hydrogen) atoms. The van der Waals surface area contributed by atoms with Crippen molar-refractivity contribution in [3.05, 3.63) is 59.8 Å². The molecule has 1 aromatic heterocycles. The normalized spacial score (nSPS) is 16.6. The number of rotatable bonds is 12. The van der Waals surface area contributed by atoms with Crippen LogP contribution < -0.4 is 10.1 Å². The van der Waals surface area contributed by atoms with Crippen LogP contribution in [0.2, 0.25) is 0 Å². The third-order valence-corrected chi connectivity index (χ3v) is 10.5. The molecular formula is C29H38N4O5S2. The van der Waals surface area contributed by atoms with Gasteiger partial charge in [0, 0.05) is 55.1 Å². The van der Waals surface area contributed by atoms with E-state index < -0.39 is 10.0 Å². The molecule has 2 aliphatic heterocycles. The van der Waals surface area contributed by atoms with E-state index in [-0.39, 0.29) is 23.9 Å². The zero-order valence-corrected chi connectivity index (χ0v) is 24.6. The highest BCUT2D eigenvalue weighted by Gasteiger charge is 2.32. The summed E-state index contributed by atoms with van der Waals surface area (Å²) in [6, 6.07) is 14.5. The summed E-state index contributed by atoms with van der Waals surface area (Å²) in [4.78, 5) is 15.7. The third kappa shape index (κ3) is 6.66. The summed E-state index contributed by atoms with van der Waals surface area (Å²) in [5.74, 6) is 2.64. The summed E-state index contributed by atoms with van der Waals surface area (Å²) < 4.78 is 41.0. The summed E-state index contributed by atoms with van der Waals surface area (Å²) in [6.45, 7) is 6.17. The molecule has 0 unspecified atom stereocenters. The van der Waals surface area contributed by atoms with Crippen LogP contribution in [0.1, 0.15) is 17.7 Å². The van der Waals surface area contributed by atoms with Gasteiger partial charge in [0.1, 0.15) is 12.3 Å². The molecule has 0 radical (unpaired) electrons. The maximum absolute atomic E-state index is 13.5. The van der Waals surface area contributed by atoms with Crippen molar-refractivity contribution in [1.82, 2.24) is 19.1 Å². The van der Waals surface area contributed by atoms with E-state index in [1.807, 2.05) is 34.5 Å². The number of aromatic nitrogens is 1. The molecule has 5 rings (SSSR count). The zero-order chi connectivity index (χ0) is 28.0. The van der Waals surface area contributed by atoms with Crippen LogP contribution in [-0.2, 0) is 39.1 Å². The Balaban J connectivity index is 1.20. The van der Waals surface area contributed by atoms with E-state index in [2.05, 4.69) is 16.3 Å². The fourth-order valence-electron chi connectivity index (χ4n) is 5.37.